The molecular formula is C10H17Cl3O. The Balaban J connectivity index is 3.51. The van der Waals surface area contributed by atoms with E-state index >= 15 is 0 Å². The average molecular weight is 260 g/mol. The molecule has 0 aromatic rings. The summed E-state index contributed by atoms with van der Waals surface area (Å²) in [5.74, 6) is 0. The fourth-order valence-electron chi connectivity index (χ4n) is 0.989. The molecule has 0 rings (SSSR count). The monoisotopic (exact) mass is 258 g/mol. The summed E-state index contributed by atoms with van der Waals surface area (Å²) < 4.78 is -1.58. The molecule has 0 fully saturated rings. The van der Waals surface area contributed by atoms with Crippen molar-refractivity contribution < 1.29 is 5.11 Å². The van der Waals surface area contributed by atoms with Crippen LogP contribution < -0.4 is 0 Å². The Bertz CT molecular complexity index is 163. The summed E-state index contributed by atoms with van der Waals surface area (Å²) >= 11 is 16.5. The highest BCUT2D eigenvalue weighted by molar-refractivity contribution is 6.68. The van der Waals surface area contributed by atoms with Crippen molar-refractivity contribution in [2.75, 3.05) is 0 Å². The maximum absolute atomic E-state index is 9.34. The van der Waals surface area contributed by atoms with E-state index in [1.807, 2.05) is 12.2 Å². The van der Waals surface area contributed by atoms with Gasteiger partial charge in [-0.3, -0.25) is 0 Å². The molecule has 0 aliphatic carbocycles. The van der Waals surface area contributed by atoms with E-state index < -0.39 is 9.90 Å². The lowest BCUT2D eigenvalue weighted by atomic mass is 10.2. The second kappa shape index (κ2) is 7.81. The quantitative estimate of drug-likeness (QED) is 0.430. The van der Waals surface area contributed by atoms with Gasteiger partial charge in [-0.15, -0.1) is 0 Å². The first-order valence-corrected chi connectivity index (χ1v) is 6.01. The topological polar surface area (TPSA) is 20.2 Å². The van der Waals surface area contributed by atoms with Crippen LogP contribution in [0.5, 0.6) is 0 Å². The van der Waals surface area contributed by atoms with E-state index in [1.165, 1.54) is 19.3 Å². The Kier molecular flexibility index (Phi) is 8.13. The Morgan fingerprint density at radius 1 is 1.21 bits per heavy atom. The van der Waals surface area contributed by atoms with Gasteiger partial charge < -0.3 is 5.11 Å². The minimum Gasteiger partial charge on any atom is -0.388 e. The summed E-state index contributed by atoms with van der Waals surface area (Å²) in [4.78, 5) is 0. The van der Waals surface area contributed by atoms with Gasteiger partial charge in [-0.2, -0.15) is 0 Å². The number of rotatable bonds is 6. The Morgan fingerprint density at radius 3 is 2.36 bits per heavy atom. The molecule has 0 heterocycles. The lowest BCUT2D eigenvalue weighted by Gasteiger charge is -2.16. The second-order valence-electron chi connectivity index (χ2n) is 3.26. The second-order valence-corrected chi connectivity index (χ2v) is 5.63. The Morgan fingerprint density at radius 2 is 1.86 bits per heavy atom. The minimum atomic E-state index is -1.58. The third kappa shape index (κ3) is 7.93. The van der Waals surface area contributed by atoms with E-state index in [0.717, 1.165) is 6.42 Å². The van der Waals surface area contributed by atoms with Gasteiger partial charge in [0.05, 0.1) is 0 Å². The summed E-state index contributed by atoms with van der Waals surface area (Å²) in [6.45, 7) is 2.16. The lowest BCUT2D eigenvalue weighted by Crippen LogP contribution is -2.24. The van der Waals surface area contributed by atoms with Crippen molar-refractivity contribution in [3.63, 3.8) is 0 Å². The fraction of sp³-hybridized carbons (Fsp3) is 0.800. The van der Waals surface area contributed by atoms with E-state index in [0.29, 0.717) is 6.42 Å². The van der Waals surface area contributed by atoms with Crippen molar-refractivity contribution in [1.82, 2.24) is 0 Å². The molecule has 0 spiro atoms. The van der Waals surface area contributed by atoms with Gasteiger partial charge in [0.1, 0.15) is 6.10 Å². The van der Waals surface area contributed by atoms with Gasteiger partial charge in [0, 0.05) is 0 Å². The van der Waals surface area contributed by atoms with Gasteiger partial charge in [0.2, 0.25) is 3.79 Å². The number of allylic oxidation sites excluding steroid dienone is 1. The summed E-state index contributed by atoms with van der Waals surface area (Å²) in [5.41, 5.74) is 0. The number of aliphatic hydroxyl groups is 1. The van der Waals surface area contributed by atoms with Crippen LogP contribution in [0, 0.1) is 0 Å². The van der Waals surface area contributed by atoms with Gasteiger partial charge in [-0.25, -0.2) is 0 Å². The van der Waals surface area contributed by atoms with Crippen molar-refractivity contribution in [2.45, 2.75) is 48.9 Å². The molecule has 84 valence electrons. The van der Waals surface area contributed by atoms with E-state index in [2.05, 4.69) is 6.92 Å². The predicted molar refractivity (Wildman–Crippen MR) is 64.2 cm³/mol. The van der Waals surface area contributed by atoms with Gasteiger partial charge in [0.15, 0.2) is 0 Å². The number of halogens is 3. The number of alkyl halides is 3. The maximum Gasteiger partial charge on any atom is 0.216 e. The van der Waals surface area contributed by atoms with E-state index in [9.17, 15) is 5.11 Å². The summed E-state index contributed by atoms with van der Waals surface area (Å²) in [5, 5.41) is 9.34. The Hall–Kier alpha value is 0.570. The van der Waals surface area contributed by atoms with Crippen LogP contribution in [0.3, 0.4) is 0 Å². The van der Waals surface area contributed by atoms with Gasteiger partial charge in [0.25, 0.3) is 0 Å². The fourth-order valence-corrected chi connectivity index (χ4v) is 1.26. The zero-order valence-corrected chi connectivity index (χ0v) is 10.6. The first-order chi connectivity index (χ1) is 6.48. The molecule has 1 nitrogen and oxygen atoms in total. The third-order valence-electron chi connectivity index (χ3n) is 1.88. The van der Waals surface area contributed by atoms with Crippen molar-refractivity contribution in [3.8, 4) is 0 Å². The molecule has 1 atom stereocenters. The molecule has 0 radical (unpaired) electrons. The largest absolute Gasteiger partial charge is 0.388 e. The predicted octanol–water partition coefficient (Wildman–Crippen LogP) is 4.24. The first-order valence-electron chi connectivity index (χ1n) is 4.88. The smallest absolute Gasteiger partial charge is 0.216 e. The molecule has 14 heavy (non-hydrogen) atoms. The van der Waals surface area contributed by atoms with Gasteiger partial charge >= 0.3 is 0 Å². The molecule has 0 aliphatic heterocycles. The van der Waals surface area contributed by atoms with Crippen LogP contribution >= 0.6 is 34.8 Å². The first kappa shape index (κ1) is 14.6. The third-order valence-corrected chi connectivity index (χ3v) is 2.63. The summed E-state index contributed by atoms with van der Waals surface area (Å²) in [6.07, 6.45) is 8.01. The highest BCUT2D eigenvalue weighted by Gasteiger charge is 2.29. The van der Waals surface area contributed by atoms with Crippen LogP contribution in [0.2, 0.25) is 0 Å². The molecule has 0 aliphatic rings. The molecule has 0 saturated heterocycles. The van der Waals surface area contributed by atoms with Crippen LogP contribution in [-0.2, 0) is 0 Å². The number of hydrogen-bond donors (Lipinski definition) is 1. The average Bonchev–Trinajstić information content (AvgIpc) is 2.09. The van der Waals surface area contributed by atoms with E-state index in [1.54, 1.807) is 0 Å². The Labute approximate surface area is 101 Å². The number of hydrogen-bond acceptors (Lipinski definition) is 1. The van der Waals surface area contributed by atoms with Crippen molar-refractivity contribution in [3.05, 3.63) is 12.2 Å². The van der Waals surface area contributed by atoms with Crippen LogP contribution in [0.1, 0.15) is 39.0 Å². The number of aliphatic hydroxyl groups excluding tert-OH is 1. The van der Waals surface area contributed by atoms with Crippen LogP contribution in [0.15, 0.2) is 12.2 Å². The zero-order chi connectivity index (χ0) is 11.0. The molecule has 0 bridgehead atoms. The van der Waals surface area contributed by atoms with Crippen molar-refractivity contribution >= 4 is 34.8 Å². The van der Waals surface area contributed by atoms with Gasteiger partial charge in [-0.05, 0) is 19.3 Å². The lowest BCUT2D eigenvalue weighted by molar-refractivity contribution is 0.182. The molecular weight excluding hydrogens is 242 g/mol. The molecule has 0 aromatic heterocycles. The van der Waals surface area contributed by atoms with E-state index in [-0.39, 0.29) is 0 Å². The maximum atomic E-state index is 9.34. The molecule has 0 amide bonds. The molecule has 4 heteroatoms. The van der Waals surface area contributed by atoms with Crippen molar-refractivity contribution in [1.29, 1.82) is 0 Å². The van der Waals surface area contributed by atoms with Crippen molar-refractivity contribution in [2.24, 2.45) is 0 Å². The highest BCUT2D eigenvalue weighted by atomic mass is 35.6. The highest BCUT2D eigenvalue weighted by Crippen LogP contribution is 2.31. The van der Waals surface area contributed by atoms with Gasteiger partial charge in [-0.1, -0.05) is 66.7 Å². The van der Waals surface area contributed by atoms with E-state index in [4.69, 9.17) is 34.8 Å². The summed E-state index contributed by atoms with van der Waals surface area (Å²) in [7, 11) is 0. The van der Waals surface area contributed by atoms with Crippen LogP contribution in [-0.4, -0.2) is 15.0 Å². The molecule has 0 saturated carbocycles. The molecule has 1 N–H and O–H groups in total. The van der Waals surface area contributed by atoms with Crippen LogP contribution in [0.25, 0.3) is 0 Å². The zero-order valence-electron chi connectivity index (χ0n) is 8.35. The summed E-state index contributed by atoms with van der Waals surface area (Å²) in [6, 6.07) is 0. The SMILES string of the molecule is CCCCC/C=C\CC(O)C(Cl)(Cl)Cl. The molecule has 1 unspecified atom stereocenters. The minimum absolute atomic E-state index is 0.391. The standard InChI is InChI=1S/C10H17Cl3O/c1-2-3-4-5-6-7-8-9(14)10(11,12)13/h6-7,9,14H,2-5,8H2,1H3/b7-6-. The molecule has 0 aromatic carbocycles. The number of unbranched alkanes of at least 4 members (excludes halogenated alkanes) is 3. The van der Waals surface area contributed by atoms with Crippen LogP contribution in [0.4, 0.5) is 0 Å². The normalized spacial score (nSPS) is 14.9.